The number of rotatable bonds is 5. The molecule has 0 spiro atoms. The Labute approximate surface area is 126 Å². The summed E-state index contributed by atoms with van der Waals surface area (Å²) >= 11 is 7.16. The van der Waals surface area contributed by atoms with Gasteiger partial charge in [0.05, 0.1) is 12.8 Å². The Hall–Kier alpha value is -1.59. The van der Waals surface area contributed by atoms with Gasteiger partial charge in [-0.05, 0) is 31.5 Å². The standard InChI is InChI=1S/C14H15ClN2O2S/c1-3-19-14(18)12(13-16-8-11(15)20-13)17-10-6-4-5-9(2)7-10/h4-8,12,17H,3H2,1-2H3. The smallest absolute Gasteiger partial charge is 0.335 e. The number of hydrogen-bond donors (Lipinski definition) is 1. The number of halogens is 1. The molecule has 1 atom stereocenters. The minimum atomic E-state index is -0.644. The van der Waals surface area contributed by atoms with Crippen LogP contribution in [-0.2, 0) is 9.53 Å². The minimum absolute atomic E-state index is 0.323. The van der Waals surface area contributed by atoms with Crippen LogP contribution in [0.3, 0.4) is 0 Å². The minimum Gasteiger partial charge on any atom is -0.464 e. The summed E-state index contributed by atoms with van der Waals surface area (Å²) < 4.78 is 5.63. The third-order valence-electron chi connectivity index (χ3n) is 2.59. The fraction of sp³-hybridized carbons (Fsp3) is 0.286. The zero-order valence-electron chi connectivity index (χ0n) is 11.2. The van der Waals surface area contributed by atoms with E-state index in [-0.39, 0.29) is 5.97 Å². The molecule has 0 saturated carbocycles. The molecule has 4 nitrogen and oxygen atoms in total. The van der Waals surface area contributed by atoms with Gasteiger partial charge in [0.25, 0.3) is 0 Å². The van der Waals surface area contributed by atoms with Crippen molar-refractivity contribution in [3.63, 3.8) is 0 Å². The lowest BCUT2D eigenvalue weighted by Gasteiger charge is -2.16. The van der Waals surface area contributed by atoms with E-state index >= 15 is 0 Å². The van der Waals surface area contributed by atoms with Gasteiger partial charge in [0.2, 0.25) is 0 Å². The number of aromatic nitrogens is 1. The van der Waals surface area contributed by atoms with Crippen LogP contribution in [0, 0.1) is 6.92 Å². The van der Waals surface area contributed by atoms with Gasteiger partial charge in [-0.1, -0.05) is 23.7 Å². The molecule has 0 amide bonds. The summed E-state index contributed by atoms with van der Waals surface area (Å²) in [6.45, 7) is 4.09. The quantitative estimate of drug-likeness (QED) is 0.853. The van der Waals surface area contributed by atoms with E-state index in [0.29, 0.717) is 16.0 Å². The molecule has 0 aliphatic rings. The normalized spacial score (nSPS) is 11.9. The molecule has 1 aromatic heterocycles. The van der Waals surface area contributed by atoms with Gasteiger partial charge in [-0.15, -0.1) is 11.3 Å². The highest BCUT2D eigenvalue weighted by Gasteiger charge is 2.25. The lowest BCUT2D eigenvalue weighted by Crippen LogP contribution is -2.23. The lowest BCUT2D eigenvalue weighted by atomic mass is 10.2. The van der Waals surface area contributed by atoms with Crippen LogP contribution in [0.5, 0.6) is 0 Å². The first-order valence-corrected chi connectivity index (χ1v) is 7.40. The molecule has 0 radical (unpaired) electrons. The Morgan fingerprint density at radius 3 is 2.95 bits per heavy atom. The fourth-order valence-electron chi connectivity index (χ4n) is 1.75. The Kier molecular flexibility index (Phi) is 4.98. The number of thiazole rings is 1. The van der Waals surface area contributed by atoms with Crippen molar-refractivity contribution in [2.45, 2.75) is 19.9 Å². The van der Waals surface area contributed by atoms with E-state index in [1.807, 2.05) is 31.2 Å². The highest BCUT2D eigenvalue weighted by atomic mass is 35.5. The van der Waals surface area contributed by atoms with Crippen molar-refractivity contribution in [2.75, 3.05) is 11.9 Å². The lowest BCUT2D eigenvalue weighted by molar-refractivity contribution is -0.144. The highest BCUT2D eigenvalue weighted by molar-refractivity contribution is 7.16. The van der Waals surface area contributed by atoms with Crippen LogP contribution in [0.15, 0.2) is 30.5 Å². The van der Waals surface area contributed by atoms with E-state index in [1.165, 1.54) is 17.5 Å². The number of carbonyl (C=O) groups excluding carboxylic acids is 1. The first-order valence-electron chi connectivity index (χ1n) is 6.21. The van der Waals surface area contributed by atoms with Crippen molar-refractivity contribution in [1.29, 1.82) is 0 Å². The third-order valence-corrected chi connectivity index (χ3v) is 3.77. The number of aryl methyl sites for hydroxylation is 1. The molecule has 1 aromatic carbocycles. The van der Waals surface area contributed by atoms with Crippen LogP contribution >= 0.6 is 22.9 Å². The SMILES string of the molecule is CCOC(=O)C(Nc1cccc(C)c1)c1ncc(Cl)s1. The van der Waals surface area contributed by atoms with E-state index < -0.39 is 6.04 Å². The predicted molar refractivity (Wildman–Crippen MR) is 81.3 cm³/mol. The monoisotopic (exact) mass is 310 g/mol. The molecule has 1 heterocycles. The maximum absolute atomic E-state index is 12.1. The Bertz CT molecular complexity index is 600. The van der Waals surface area contributed by atoms with Crippen LogP contribution in [0.25, 0.3) is 0 Å². The van der Waals surface area contributed by atoms with Gasteiger partial charge in [-0.2, -0.15) is 0 Å². The molecule has 1 unspecified atom stereocenters. The van der Waals surface area contributed by atoms with Crippen molar-refractivity contribution in [1.82, 2.24) is 4.98 Å². The number of nitrogens with zero attached hydrogens (tertiary/aromatic N) is 1. The van der Waals surface area contributed by atoms with E-state index in [2.05, 4.69) is 10.3 Å². The maximum atomic E-state index is 12.1. The first kappa shape index (κ1) is 14.8. The van der Waals surface area contributed by atoms with Gasteiger partial charge >= 0.3 is 5.97 Å². The molecule has 1 N–H and O–H groups in total. The second kappa shape index (κ2) is 6.72. The van der Waals surface area contributed by atoms with Gasteiger partial charge in [-0.25, -0.2) is 9.78 Å². The molecule has 0 saturated heterocycles. The summed E-state index contributed by atoms with van der Waals surface area (Å²) in [5.74, 6) is -0.361. The Balaban J connectivity index is 2.25. The van der Waals surface area contributed by atoms with Crippen LogP contribution < -0.4 is 5.32 Å². The van der Waals surface area contributed by atoms with Crippen LogP contribution in [0.2, 0.25) is 4.34 Å². The predicted octanol–water partition coefficient (Wildman–Crippen LogP) is 3.82. The highest BCUT2D eigenvalue weighted by Crippen LogP contribution is 2.28. The average molecular weight is 311 g/mol. The molecule has 0 fully saturated rings. The fourth-order valence-corrected chi connectivity index (χ4v) is 2.72. The number of benzene rings is 1. The zero-order chi connectivity index (χ0) is 14.5. The summed E-state index contributed by atoms with van der Waals surface area (Å²) in [6, 6.07) is 7.13. The van der Waals surface area contributed by atoms with Crippen molar-refractivity contribution in [3.05, 3.63) is 45.4 Å². The van der Waals surface area contributed by atoms with E-state index in [1.54, 1.807) is 6.92 Å². The van der Waals surface area contributed by atoms with Crippen molar-refractivity contribution >= 4 is 34.6 Å². The molecule has 2 aromatic rings. The van der Waals surface area contributed by atoms with Gasteiger partial charge in [-0.3, -0.25) is 0 Å². The van der Waals surface area contributed by atoms with Crippen molar-refractivity contribution in [3.8, 4) is 0 Å². The summed E-state index contributed by atoms with van der Waals surface area (Å²) in [5, 5.41) is 3.74. The topological polar surface area (TPSA) is 51.2 Å². The molecule has 20 heavy (non-hydrogen) atoms. The summed E-state index contributed by atoms with van der Waals surface area (Å²) in [7, 11) is 0. The van der Waals surface area contributed by atoms with Gasteiger partial charge in [0.1, 0.15) is 9.34 Å². The van der Waals surface area contributed by atoms with Crippen LogP contribution in [-0.4, -0.2) is 17.6 Å². The average Bonchev–Trinajstić information content (AvgIpc) is 2.83. The largest absolute Gasteiger partial charge is 0.464 e. The second-order valence-electron chi connectivity index (χ2n) is 4.20. The molecule has 6 heteroatoms. The summed E-state index contributed by atoms with van der Waals surface area (Å²) in [6.07, 6.45) is 1.53. The number of ether oxygens (including phenoxy) is 1. The number of nitrogens with one attached hydrogen (secondary N) is 1. The Morgan fingerprint density at radius 1 is 1.55 bits per heavy atom. The molecular formula is C14H15ClN2O2S. The zero-order valence-corrected chi connectivity index (χ0v) is 12.8. The molecule has 106 valence electrons. The van der Waals surface area contributed by atoms with E-state index in [0.717, 1.165) is 11.3 Å². The molecule has 0 aliphatic heterocycles. The van der Waals surface area contributed by atoms with Gasteiger partial charge < -0.3 is 10.1 Å². The van der Waals surface area contributed by atoms with Crippen molar-refractivity contribution in [2.24, 2.45) is 0 Å². The number of anilines is 1. The summed E-state index contributed by atoms with van der Waals surface area (Å²) in [4.78, 5) is 16.2. The van der Waals surface area contributed by atoms with E-state index in [9.17, 15) is 4.79 Å². The molecule has 0 aliphatic carbocycles. The molecule has 0 bridgehead atoms. The van der Waals surface area contributed by atoms with Crippen LogP contribution in [0.4, 0.5) is 5.69 Å². The first-order chi connectivity index (χ1) is 9.60. The van der Waals surface area contributed by atoms with Gasteiger partial charge in [0, 0.05) is 5.69 Å². The number of esters is 1. The second-order valence-corrected chi connectivity index (χ2v) is 5.90. The van der Waals surface area contributed by atoms with Crippen molar-refractivity contribution < 1.29 is 9.53 Å². The molecular weight excluding hydrogens is 296 g/mol. The van der Waals surface area contributed by atoms with E-state index in [4.69, 9.17) is 16.3 Å². The maximum Gasteiger partial charge on any atom is 0.335 e. The number of hydrogen-bond acceptors (Lipinski definition) is 5. The van der Waals surface area contributed by atoms with Gasteiger partial charge in [0.15, 0.2) is 6.04 Å². The summed E-state index contributed by atoms with van der Waals surface area (Å²) in [5.41, 5.74) is 1.95. The third kappa shape index (κ3) is 3.71. The molecule has 2 rings (SSSR count). The number of carbonyl (C=O) groups is 1. The Morgan fingerprint density at radius 2 is 2.35 bits per heavy atom. The van der Waals surface area contributed by atoms with Crippen LogP contribution in [0.1, 0.15) is 23.5 Å².